The van der Waals surface area contributed by atoms with Gasteiger partial charge in [-0.3, -0.25) is 9.59 Å². The van der Waals surface area contributed by atoms with Gasteiger partial charge in [0.15, 0.2) is 5.76 Å². The van der Waals surface area contributed by atoms with Gasteiger partial charge in [0.25, 0.3) is 5.91 Å². The van der Waals surface area contributed by atoms with Crippen molar-refractivity contribution in [3.05, 3.63) is 71.5 Å². The lowest BCUT2D eigenvalue weighted by molar-refractivity contribution is -0.122. The van der Waals surface area contributed by atoms with E-state index in [9.17, 15) is 14.0 Å². The van der Waals surface area contributed by atoms with Gasteiger partial charge in [-0.15, -0.1) is 0 Å². The fraction of sp³-hybridized carbons (Fsp3) is 0.440. The molecule has 1 aromatic carbocycles. The van der Waals surface area contributed by atoms with Crippen LogP contribution in [0.3, 0.4) is 0 Å². The van der Waals surface area contributed by atoms with Gasteiger partial charge in [-0.05, 0) is 66.8 Å². The number of benzene rings is 1. The highest BCUT2D eigenvalue weighted by atomic mass is 19.1. The second-order valence-electron chi connectivity index (χ2n) is 8.71. The fourth-order valence-electron chi connectivity index (χ4n) is 4.31. The van der Waals surface area contributed by atoms with Crippen molar-refractivity contribution in [1.29, 1.82) is 0 Å². The smallest absolute Gasteiger partial charge is 0.286 e. The number of allylic oxidation sites excluding steroid dienone is 1. The Hall–Kier alpha value is -2.89. The van der Waals surface area contributed by atoms with Crippen LogP contribution in [0.4, 0.5) is 4.39 Å². The zero-order valence-corrected chi connectivity index (χ0v) is 18.4. The number of furan rings is 1. The van der Waals surface area contributed by atoms with Crippen molar-refractivity contribution in [1.82, 2.24) is 10.6 Å². The summed E-state index contributed by atoms with van der Waals surface area (Å²) >= 11 is 0. The number of carbonyl (C=O) groups excluding carboxylic acids is 2. The predicted molar refractivity (Wildman–Crippen MR) is 118 cm³/mol. The number of halogens is 1. The molecule has 1 aliphatic rings. The molecule has 31 heavy (non-hydrogen) atoms. The number of carbonyl (C=O) groups is 2. The molecule has 0 spiro atoms. The first-order valence-corrected chi connectivity index (χ1v) is 10.8. The maximum Gasteiger partial charge on any atom is 0.286 e. The van der Waals surface area contributed by atoms with E-state index in [-0.39, 0.29) is 29.5 Å². The molecule has 1 aromatic heterocycles. The van der Waals surface area contributed by atoms with Crippen LogP contribution in [-0.2, 0) is 11.3 Å². The minimum Gasteiger partial charge on any atom is -0.459 e. The molecule has 2 N–H and O–H groups in total. The maximum atomic E-state index is 13.0. The molecule has 1 aliphatic carbocycles. The summed E-state index contributed by atoms with van der Waals surface area (Å²) in [5.74, 6) is 1.02. The van der Waals surface area contributed by atoms with Crippen LogP contribution in [0.2, 0.25) is 0 Å². The first-order valence-electron chi connectivity index (χ1n) is 10.8. The molecule has 166 valence electrons. The Morgan fingerprint density at radius 1 is 1.16 bits per heavy atom. The maximum absolute atomic E-state index is 13.0. The molecule has 0 saturated carbocycles. The van der Waals surface area contributed by atoms with Crippen molar-refractivity contribution in [2.75, 3.05) is 6.54 Å². The van der Waals surface area contributed by atoms with Crippen LogP contribution in [0.1, 0.15) is 49.7 Å². The standard InChI is InChI=1S/C25H31FN2O3/c1-16(2)22-12-19(13-24(29)27-14-18-6-8-21(26)9-7-18)17(3)11-20(22)15-28-25(30)23-5-4-10-31-23/h4-11,16,19-20,22H,12-15H2,1-3H3,(H,27,29)(H,28,30)/t19-,20-,22-/m0/s1. The van der Waals surface area contributed by atoms with Gasteiger partial charge in [-0.2, -0.15) is 0 Å². The van der Waals surface area contributed by atoms with E-state index >= 15 is 0 Å². The highest BCUT2D eigenvalue weighted by molar-refractivity contribution is 5.91. The molecular weight excluding hydrogens is 395 g/mol. The second-order valence-corrected chi connectivity index (χ2v) is 8.71. The van der Waals surface area contributed by atoms with Gasteiger partial charge in [0.2, 0.25) is 5.91 Å². The largest absolute Gasteiger partial charge is 0.459 e. The van der Waals surface area contributed by atoms with Crippen LogP contribution < -0.4 is 10.6 Å². The van der Waals surface area contributed by atoms with Crippen molar-refractivity contribution in [3.8, 4) is 0 Å². The number of hydrogen-bond acceptors (Lipinski definition) is 3. The number of nitrogens with one attached hydrogen (secondary N) is 2. The molecule has 5 nitrogen and oxygen atoms in total. The van der Waals surface area contributed by atoms with Crippen LogP contribution in [0, 0.1) is 29.5 Å². The molecule has 2 amide bonds. The topological polar surface area (TPSA) is 71.3 Å². The molecule has 0 saturated heterocycles. The van der Waals surface area contributed by atoms with Crippen LogP contribution in [0.25, 0.3) is 0 Å². The number of rotatable bonds is 8. The summed E-state index contributed by atoms with van der Waals surface area (Å²) in [5, 5.41) is 5.92. The third-order valence-corrected chi connectivity index (χ3v) is 6.16. The third-order valence-electron chi connectivity index (χ3n) is 6.16. The van der Waals surface area contributed by atoms with Gasteiger partial charge in [0.1, 0.15) is 5.82 Å². The molecule has 0 radical (unpaired) electrons. The normalized spacial score (nSPS) is 20.9. The van der Waals surface area contributed by atoms with Gasteiger partial charge < -0.3 is 15.1 Å². The summed E-state index contributed by atoms with van der Waals surface area (Å²) in [6.45, 7) is 7.38. The molecule has 3 atom stereocenters. The first-order chi connectivity index (χ1) is 14.8. The van der Waals surface area contributed by atoms with Crippen molar-refractivity contribution >= 4 is 11.8 Å². The van der Waals surface area contributed by atoms with Crippen LogP contribution >= 0.6 is 0 Å². The summed E-state index contributed by atoms with van der Waals surface area (Å²) < 4.78 is 18.2. The predicted octanol–water partition coefficient (Wildman–Crippen LogP) is 4.71. The van der Waals surface area contributed by atoms with Gasteiger partial charge in [-0.25, -0.2) is 4.39 Å². The summed E-state index contributed by atoms with van der Waals surface area (Å²) in [4.78, 5) is 24.7. The van der Waals surface area contributed by atoms with Crippen LogP contribution in [-0.4, -0.2) is 18.4 Å². The van der Waals surface area contributed by atoms with Crippen molar-refractivity contribution in [2.24, 2.45) is 23.7 Å². The Morgan fingerprint density at radius 3 is 2.55 bits per heavy atom. The van der Waals surface area contributed by atoms with E-state index in [4.69, 9.17) is 4.42 Å². The average molecular weight is 427 g/mol. The molecule has 0 bridgehead atoms. The molecule has 0 fully saturated rings. The first kappa shape index (κ1) is 22.8. The lowest BCUT2D eigenvalue weighted by Crippen LogP contribution is -2.37. The number of hydrogen-bond donors (Lipinski definition) is 2. The zero-order chi connectivity index (χ0) is 22.4. The highest BCUT2D eigenvalue weighted by Crippen LogP contribution is 2.38. The van der Waals surface area contributed by atoms with Crippen molar-refractivity contribution < 1.29 is 18.4 Å². The lowest BCUT2D eigenvalue weighted by atomic mass is 9.69. The third kappa shape index (κ3) is 6.29. The molecule has 0 aliphatic heterocycles. The van der Waals surface area contributed by atoms with Gasteiger partial charge in [0, 0.05) is 19.5 Å². The Morgan fingerprint density at radius 2 is 1.90 bits per heavy atom. The van der Waals surface area contributed by atoms with E-state index in [1.807, 2.05) is 0 Å². The number of amides is 2. The lowest BCUT2D eigenvalue weighted by Gasteiger charge is -2.37. The minimum atomic E-state index is -0.285. The Labute approximate surface area is 183 Å². The molecule has 1 heterocycles. The molecule has 6 heteroatoms. The van der Waals surface area contributed by atoms with Crippen molar-refractivity contribution in [2.45, 2.75) is 40.2 Å². The average Bonchev–Trinajstić information content (AvgIpc) is 3.28. The Kier molecular flexibility index (Phi) is 7.66. The van der Waals surface area contributed by atoms with Gasteiger partial charge >= 0.3 is 0 Å². The summed E-state index contributed by atoms with van der Waals surface area (Å²) in [7, 11) is 0. The zero-order valence-electron chi connectivity index (χ0n) is 18.4. The quantitative estimate of drug-likeness (QED) is 0.601. The van der Waals surface area contributed by atoms with E-state index in [0.29, 0.717) is 37.1 Å². The van der Waals surface area contributed by atoms with Crippen LogP contribution in [0.15, 0.2) is 58.7 Å². The Balaban J connectivity index is 1.56. The summed E-state index contributed by atoms with van der Waals surface area (Å²) in [6.07, 6.45) is 5.04. The van der Waals surface area contributed by atoms with Crippen LogP contribution in [0.5, 0.6) is 0 Å². The summed E-state index contributed by atoms with van der Waals surface area (Å²) in [5.41, 5.74) is 2.06. The van der Waals surface area contributed by atoms with Gasteiger partial charge in [-0.1, -0.05) is 37.6 Å². The SMILES string of the molecule is CC1=C[C@@H](CNC(=O)c2ccco2)[C@H](C(C)C)C[C@H]1CC(=O)NCc1ccc(F)cc1. The summed E-state index contributed by atoms with van der Waals surface area (Å²) in [6, 6.07) is 9.50. The van der Waals surface area contributed by atoms with E-state index in [0.717, 1.165) is 12.0 Å². The van der Waals surface area contributed by atoms with E-state index in [1.165, 1.54) is 24.0 Å². The van der Waals surface area contributed by atoms with Crippen molar-refractivity contribution in [3.63, 3.8) is 0 Å². The molecule has 2 aromatic rings. The van der Waals surface area contributed by atoms with Gasteiger partial charge in [0.05, 0.1) is 6.26 Å². The monoisotopic (exact) mass is 426 g/mol. The Bertz CT molecular complexity index is 903. The van der Waals surface area contributed by atoms with E-state index in [1.54, 1.807) is 24.3 Å². The van der Waals surface area contributed by atoms with E-state index < -0.39 is 0 Å². The minimum absolute atomic E-state index is 0.00541. The fourth-order valence-corrected chi connectivity index (χ4v) is 4.31. The molecule has 3 rings (SSSR count). The molecular formula is C25H31FN2O3. The molecule has 0 unspecified atom stereocenters. The second kappa shape index (κ2) is 10.4. The van der Waals surface area contributed by atoms with E-state index in [2.05, 4.69) is 37.5 Å². The highest BCUT2D eigenvalue weighted by Gasteiger charge is 2.32.